The molecule has 1 aliphatic heterocycles. The highest BCUT2D eigenvalue weighted by molar-refractivity contribution is 5.68. The molecule has 1 fully saturated rings. The Morgan fingerprint density at radius 3 is 2.19 bits per heavy atom. The Bertz CT molecular complexity index is 486. The van der Waals surface area contributed by atoms with Gasteiger partial charge in [-0.25, -0.2) is 4.79 Å². The van der Waals surface area contributed by atoms with Crippen LogP contribution in [0.15, 0.2) is 30.3 Å². The van der Waals surface area contributed by atoms with Gasteiger partial charge in [0, 0.05) is 26.2 Å². The first-order valence-electron chi connectivity index (χ1n) is 9.76. The van der Waals surface area contributed by atoms with Crippen molar-refractivity contribution in [2.75, 3.05) is 26.2 Å². The molecular weight excluding hydrogens is 328 g/mol. The van der Waals surface area contributed by atoms with Crippen LogP contribution in [0.25, 0.3) is 0 Å². The molecule has 1 unspecified atom stereocenters. The molecule has 1 aromatic rings. The Labute approximate surface area is 160 Å². The van der Waals surface area contributed by atoms with E-state index in [9.17, 15) is 9.90 Å². The van der Waals surface area contributed by atoms with E-state index < -0.39 is 5.60 Å². The highest BCUT2D eigenvalue weighted by Gasteiger charge is 2.31. The van der Waals surface area contributed by atoms with Gasteiger partial charge in [0.2, 0.25) is 0 Å². The van der Waals surface area contributed by atoms with Crippen molar-refractivity contribution in [3.8, 4) is 0 Å². The lowest BCUT2D eigenvalue weighted by molar-refractivity contribution is -0.00610. The summed E-state index contributed by atoms with van der Waals surface area (Å²) in [6.45, 7) is 16.3. The van der Waals surface area contributed by atoms with Gasteiger partial charge in [0.15, 0.2) is 0 Å². The standard InChI is InChI=1S/C17H26N2O3.2C2H6/c1-17(2,3)22-16(21)19-10-9-18(15(12-19)13-20)11-14-7-5-4-6-8-14;2*1-2/h4-8,15,20H,9-13H2,1-3H3;2*1-2H3. The molecule has 1 amide bonds. The lowest BCUT2D eigenvalue weighted by atomic mass is 10.1. The van der Waals surface area contributed by atoms with Gasteiger partial charge < -0.3 is 14.7 Å². The van der Waals surface area contributed by atoms with Gasteiger partial charge >= 0.3 is 6.09 Å². The average molecular weight is 367 g/mol. The van der Waals surface area contributed by atoms with Crippen LogP contribution in [0, 0.1) is 0 Å². The van der Waals surface area contributed by atoms with Crippen LogP contribution in [0.3, 0.4) is 0 Å². The van der Waals surface area contributed by atoms with E-state index in [1.54, 1.807) is 4.90 Å². The zero-order valence-electron chi connectivity index (χ0n) is 17.7. The second-order valence-corrected chi connectivity index (χ2v) is 6.72. The number of carbonyl (C=O) groups is 1. The summed E-state index contributed by atoms with van der Waals surface area (Å²) in [6.07, 6.45) is -0.301. The fraction of sp³-hybridized carbons (Fsp3) is 0.667. The van der Waals surface area contributed by atoms with Gasteiger partial charge in [-0.1, -0.05) is 58.0 Å². The van der Waals surface area contributed by atoms with Crippen LogP contribution in [0.5, 0.6) is 0 Å². The van der Waals surface area contributed by atoms with Crippen molar-refractivity contribution in [2.24, 2.45) is 0 Å². The summed E-state index contributed by atoms with van der Waals surface area (Å²) in [5.74, 6) is 0. The Morgan fingerprint density at radius 2 is 1.69 bits per heavy atom. The van der Waals surface area contributed by atoms with Crippen molar-refractivity contribution < 1.29 is 14.6 Å². The van der Waals surface area contributed by atoms with Crippen molar-refractivity contribution in [1.82, 2.24) is 9.80 Å². The third kappa shape index (κ3) is 8.68. The molecule has 0 bridgehead atoms. The molecule has 0 spiro atoms. The maximum atomic E-state index is 12.1. The molecule has 1 N–H and O–H groups in total. The maximum absolute atomic E-state index is 12.1. The second-order valence-electron chi connectivity index (χ2n) is 6.72. The molecule has 0 aromatic heterocycles. The minimum absolute atomic E-state index is 0.0339. The molecule has 1 heterocycles. The van der Waals surface area contributed by atoms with E-state index in [1.165, 1.54) is 5.56 Å². The molecule has 26 heavy (non-hydrogen) atoms. The average Bonchev–Trinajstić information content (AvgIpc) is 2.65. The van der Waals surface area contributed by atoms with Gasteiger partial charge in [-0.2, -0.15) is 0 Å². The van der Waals surface area contributed by atoms with Crippen LogP contribution in [0.1, 0.15) is 54.0 Å². The Kier molecular flexibility index (Phi) is 11.9. The van der Waals surface area contributed by atoms with E-state index in [4.69, 9.17) is 4.74 Å². The lowest BCUT2D eigenvalue weighted by Crippen LogP contribution is -2.56. The molecule has 2 rings (SSSR count). The zero-order valence-corrected chi connectivity index (χ0v) is 17.7. The SMILES string of the molecule is CC.CC.CC(C)(C)OC(=O)N1CCN(Cc2ccccc2)C(CO)C1. The summed E-state index contributed by atoms with van der Waals surface area (Å²) >= 11 is 0. The number of amides is 1. The first-order valence-corrected chi connectivity index (χ1v) is 9.76. The molecule has 150 valence electrons. The molecule has 0 aliphatic carbocycles. The molecular formula is C21H38N2O3. The van der Waals surface area contributed by atoms with E-state index in [0.717, 1.165) is 13.1 Å². The van der Waals surface area contributed by atoms with E-state index >= 15 is 0 Å². The van der Waals surface area contributed by atoms with Gasteiger partial charge in [-0.05, 0) is 26.3 Å². The third-order valence-corrected chi connectivity index (χ3v) is 3.70. The van der Waals surface area contributed by atoms with E-state index in [2.05, 4.69) is 17.0 Å². The number of hydrogen-bond acceptors (Lipinski definition) is 4. The predicted octanol–water partition coefficient (Wildman–Crippen LogP) is 4.15. The predicted molar refractivity (Wildman–Crippen MR) is 108 cm³/mol. The molecule has 5 nitrogen and oxygen atoms in total. The van der Waals surface area contributed by atoms with Crippen LogP contribution < -0.4 is 0 Å². The Morgan fingerprint density at radius 1 is 1.12 bits per heavy atom. The first kappa shape index (κ1) is 24.4. The summed E-state index contributed by atoms with van der Waals surface area (Å²) in [7, 11) is 0. The monoisotopic (exact) mass is 366 g/mol. The maximum Gasteiger partial charge on any atom is 0.410 e. The van der Waals surface area contributed by atoms with Crippen LogP contribution in [-0.4, -0.2) is 58.9 Å². The van der Waals surface area contributed by atoms with Gasteiger partial charge in [-0.3, -0.25) is 4.90 Å². The number of ether oxygens (including phenoxy) is 1. The molecule has 0 radical (unpaired) electrons. The first-order chi connectivity index (χ1) is 12.4. The van der Waals surface area contributed by atoms with Gasteiger partial charge in [-0.15, -0.1) is 0 Å². The van der Waals surface area contributed by atoms with E-state index in [0.29, 0.717) is 13.1 Å². The smallest absolute Gasteiger partial charge is 0.410 e. The second kappa shape index (κ2) is 12.7. The number of rotatable bonds is 3. The zero-order chi connectivity index (χ0) is 20.2. The van der Waals surface area contributed by atoms with Gasteiger partial charge in [0.1, 0.15) is 5.60 Å². The molecule has 5 heteroatoms. The Balaban J connectivity index is 0.00000146. The van der Waals surface area contributed by atoms with Crippen LogP contribution in [-0.2, 0) is 11.3 Å². The number of aliphatic hydroxyl groups is 1. The molecule has 1 aromatic carbocycles. The van der Waals surface area contributed by atoms with Crippen molar-refractivity contribution in [1.29, 1.82) is 0 Å². The van der Waals surface area contributed by atoms with Crippen molar-refractivity contribution in [3.05, 3.63) is 35.9 Å². The normalized spacial score (nSPS) is 17.4. The van der Waals surface area contributed by atoms with E-state index in [1.807, 2.05) is 66.7 Å². The Hall–Kier alpha value is -1.59. The summed E-state index contributed by atoms with van der Waals surface area (Å²) in [5.41, 5.74) is 0.721. The van der Waals surface area contributed by atoms with Gasteiger partial charge in [0.25, 0.3) is 0 Å². The third-order valence-electron chi connectivity index (χ3n) is 3.70. The minimum Gasteiger partial charge on any atom is -0.444 e. The summed E-state index contributed by atoms with van der Waals surface area (Å²) in [6, 6.07) is 10.1. The van der Waals surface area contributed by atoms with Gasteiger partial charge in [0.05, 0.1) is 12.6 Å². The molecule has 1 atom stereocenters. The number of benzene rings is 1. The molecule has 1 saturated heterocycles. The highest BCUT2D eigenvalue weighted by Crippen LogP contribution is 2.17. The number of aliphatic hydroxyl groups excluding tert-OH is 1. The summed E-state index contributed by atoms with van der Waals surface area (Å²) < 4.78 is 5.41. The minimum atomic E-state index is -0.493. The quantitative estimate of drug-likeness (QED) is 0.873. The molecule has 1 aliphatic rings. The van der Waals surface area contributed by atoms with Crippen molar-refractivity contribution in [3.63, 3.8) is 0 Å². The van der Waals surface area contributed by atoms with E-state index in [-0.39, 0.29) is 18.7 Å². The lowest BCUT2D eigenvalue weighted by Gasteiger charge is -2.40. The van der Waals surface area contributed by atoms with Crippen molar-refractivity contribution >= 4 is 6.09 Å². The number of carbonyl (C=O) groups excluding carboxylic acids is 1. The number of nitrogens with zero attached hydrogens (tertiary/aromatic N) is 2. The number of hydrogen-bond donors (Lipinski definition) is 1. The van der Waals surface area contributed by atoms with Crippen LogP contribution in [0.4, 0.5) is 4.79 Å². The van der Waals surface area contributed by atoms with Crippen LogP contribution >= 0.6 is 0 Å². The summed E-state index contributed by atoms with van der Waals surface area (Å²) in [5, 5.41) is 9.65. The molecule has 0 saturated carbocycles. The number of piperazine rings is 1. The topological polar surface area (TPSA) is 53.0 Å². The fourth-order valence-corrected chi connectivity index (χ4v) is 2.58. The summed E-state index contributed by atoms with van der Waals surface area (Å²) in [4.78, 5) is 16.1. The fourth-order valence-electron chi connectivity index (χ4n) is 2.58. The van der Waals surface area contributed by atoms with Crippen molar-refractivity contribution in [2.45, 2.75) is 66.7 Å². The highest BCUT2D eigenvalue weighted by atomic mass is 16.6. The van der Waals surface area contributed by atoms with Crippen LogP contribution in [0.2, 0.25) is 0 Å². The largest absolute Gasteiger partial charge is 0.444 e.